The van der Waals surface area contributed by atoms with Gasteiger partial charge in [-0.15, -0.1) is 0 Å². The molecule has 1 aliphatic heterocycles. The second-order valence-corrected chi connectivity index (χ2v) is 6.22. The van der Waals surface area contributed by atoms with E-state index in [0.29, 0.717) is 11.3 Å². The molecule has 16 heavy (non-hydrogen) atoms. The second-order valence-electron chi connectivity index (χ2n) is 6.22. The minimum Gasteiger partial charge on any atom is -0.350 e. The Bertz CT molecular complexity index is 298. The average molecular weight is 221 g/mol. The maximum atomic E-state index is 12.1. The number of fused-ring (bicyclic) bond motifs is 1. The molecule has 0 bridgehead atoms. The Morgan fingerprint density at radius 2 is 1.56 bits per heavy atom. The van der Waals surface area contributed by atoms with Crippen LogP contribution in [-0.2, 0) is 4.79 Å². The fourth-order valence-electron chi connectivity index (χ4n) is 4.83. The minimum absolute atomic E-state index is 0.193. The molecule has 0 aromatic carbocycles. The number of rotatable bonds is 0. The molecule has 2 heteroatoms. The summed E-state index contributed by atoms with van der Waals surface area (Å²) >= 11 is 0. The predicted octanol–water partition coefficient (Wildman–Crippen LogP) is 3.02. The van der Waals surface area contributed by atoms with Crippen LogP contribution >= 0.6 is 0 Å². The Morgan fingerprint density at radius 1 is 1.00 bits per heavy atom. The van der Waals surface area contributed by atoms with Gasteiger partial charge < -0.3 is 5.32 Å². The Morgan fingerprint density at radius 3 is 2.19 bits per heavy atom. The summed E-state index contributed by atoms with van der Waals surface area (Å²) in [6.45, 7) is 2.17. The molecular formula is C14H23NO. The smallest absolute Gasteiger partial charge is 0.223 e. The number of hydrogen-bond acceptors (Lipinski definition) is 1. The van der Waals surface area contributed by atoms with Gasteiger partial charge in [-0.1, -0.05) is 39.0 Å². The van der Waals surface area contributed by atoms with Gasteiger partial charge in [-0.3, -0.25) is 4.79 Å². The molecule has 1 unspecified atom stereocenters. The summed E-state index contributed by atoms with van der Waals surface area (Å²) in [6.07, 6.45) is 11.7. The SMILES string of the molecule is CC1C(=O)NC2(CCCCC2)C12CCCC2. The maximum absolute atomic E-state index is 12.1. The normalized spacial score (nSPS) is 35.8. The van der Waals surface area contributed by atoms with Crippen LogP contribution in [0.2, 0.25) is 0 Å². The van der Waals surface area contributed by atoms with Crippen molar-refractivity contribution in [1.29, 1.82) is 0 Å². The second kappa shape index (κ2) is 3.48. The van der Waals surface area contributed by atoms with Gasteiger partial charge in [0.2, 0.25) is 5.91 Å². The standard InChI is InChI=1S/C14H23NO/c1-11-12(16)15-14(9-3-2-4-10-14)13(11)7-5-6-8-13/h11H,2-10H2,1H3,(H,15,16). The quantitative estimate of drug-likeness (QED) is 0.669. The zero-order valence-corrected chi connectivity index (χ0v) is 10.3. The summed E-state index contributed by atoms with van der Waals surface area (Å²) in [7, 11) is 0. The van der Waals surface area contributed by atoms with E-state index in [4.69, 9.17) is 0 Å². The highest BCUT2D eigenvalue weighted by molar-refractivity contribution is 5.83. The molecule has 1 saturated heterocycles. The molecule has 3 aliphatic rings. The number of amides is 1. The van der Waals surface area contributed by atoms with E-state index in [-0.39, 0.29) is 11.5 Å². The highest BCUT2D eigenvalue weighted by Crippen LogP contribution is 2.59. The molecule has 1 atom stereocenters. The molecule has 0 aromatic heterocycles. The average Bonchev–Trinajstić information content (AvgIpc) is 2.85. The summed E-state index contributed by atoms with van der Waals surface area (Å²) in [5, 5.41) is 3.41. The Kier molecular flexibility index (Phi) is 2.31. The fraction of sp³-hybridized carbons (Fsp3) is 0.929. The first-order valence-electron chi connectivity index (χ1n) is 7.02. The Labute approximate surface area is 98.2 Å². The van der Waals surface area contributed by atoms with E-state index < -0.39 is 0 Å². The van der Waals surface area contributed by atoms with Gasteiger partial charge in [-0.2, -0.15) is 0 Å². The highest BCUT2D eigenvalue weighted by Gasteiger charge is 2.62. The molecule has 1 N–H and O–H groups in total. The molecule has 3 rings (SSSR count). The molecule has 90 valence electrons. The fourth-order valence-corrected chi connectivity index (χ4v) is 4.83. The lowest BCUT2D eigenvalue weighted by molar-refractivity contribution is -0.123. The lowest BCUT2D eigenvalue weighted by atomic mass is 9.59. The Balaban J connectivity index is 1.99. The Hall–Kier alpha value is -0.530. The van der Waals surface area contributed by atoms with Crippen molar-refractivity contribution in [2.75, 3.05) is 0 Å². The summed E-state index contributed by atoms with van der Waals surface area (Å²) in [4.78, 5) is 12.1. The van der Waals surface area contributed by atoms with E-state index in [1.54, 1.807) is 0 Å². The summed E-state index contributed by atoms with van der Waals surface area (Å²) in [5.74, 6) is 0.594. The number of nitrogens with one attached hydrogen (secondary N) is 1. The van der Waals surface area contributed by atoms with Gasteiger partial charge in [0.25, 0.3) is 0 Å². The first kappa shape index (κ1) is 10.6. The lowest BCUT2D eigenvalue weighted by Gasteiger charge is -2.47. The number of carbonyl (C=O) groups is 1. The molecule has 1 heterocycles. The topological polar surface area (TPSA) is 29.1 Å². The summed E-state index contributed by atoms with van der Waals surface area (Å²) in [6, 6.07) is 0. The van der Waals surface area contributed by atoms with Crippen LogP contribution in [0, 0.1) is 11.3 Å². The van der Waals surface area contributed by atoms with Crippen LogP contribution < -0.4 is 5.32 Å². The lowest BCUT2D eigenvalue weighted by Crippen LogP contribution is -2.53. The predicted molar refractivity (Wildman–Crippen MR) is 64.0 cm³/mol. The molecule has 0 radical (unpaired) electrons. The van der Waals surface area contributed by atoms with Crippen molar-refractivity contribution in [3.05, 3.63) is 0 Å². The maximum Gasteiger partial charge on any atom is 0.223 e. The third-order valence-corrected chi connectivity index (χ3v) is 5.74. The van der Waals surface area contributed by atoms with Gasteiger partial charge in [0.05, 0.1) is 0 Å². The minimum atomic E-state index is 0.193. The molecule has 2 spiro atoms. The van der Waals surface area contributed by atoms with Crippen LogP contribution in [0.4, 0.5) is 0 Å². The molecule has 2 saturated carbocycles. The molecule has 2 aliphatic carbocycles. The largest absolute Gasteiger partial charge is 0.350 e. The van der Waals surface area contributed by atoms with Crippen LogP contribution in [-0.4, -0.2) is 11.4 Å². The van der Waals surface area contributed by atoms with E-state index in [0.717, 1.165) is 0 Å². The van der Waals surface area contributed by atoms with E-state index in [9.17, 15) is 4.79 Å². The highest BCUT2D eigenvalue weighted by atomic mass is 16.2. The summed E-state index contributed by atoms with van der Waals surface area (Å²) < 4.78 is 0. The number of hydrogen-bond donors (Lipinski definition) is 1. The van der Waals surface area contributed by atoms with Gasteiger partial charge in [-0.05, 0) is 25.7 Å². The zero-order chi connectivity index (χ0) is 11.2. The number of carbonyl (C=O) groups excluding carboxylic acids is 1. The van der Waals surface area contributed by atoms with Gasteiger partial charge in [0.1, 0.15) is 0 Å². The third kappa shape index (κ3) is 1.16. The van der Waals surface area contributed by atoms with E-state index >= 15 is 0 Å². The van der Waals surface area contributed by atoms with Crippen LogP contribution in [0.5, 0.6) is 0 Å². The molecule has 3 fully saturated rings. The molecule has 0 aromatic rings. The van der Waals surface area contributed by atoms with Crippen molar-refractivity contribution in [3.63, 3.8) is 0 Å². The van der Waals surface area contributed by atoms with Crippen molar-refractivity contribution in [2.45, 2.75) is 70.3 Å². The monoisotopic (exact) mass is 221 g/mol. The van der Waals surface area contributed by atoms with Gasteiger partial charge >= 0.3 is 0 Å². The van der Waals surface area contributed by atoms with Crippen molar-refractivity contribution < 1.29 is 4.79 Å². The van der Waals surface area contributed by atoms with Crippen LogP contribution in [0.25, 0.3) is 0 Å². The van der Waals surface area contributed by atoms with Crippen LogP contribution in [0.3, 0.4) is 0 Å². The first-order valence-corrected chi connectivity index (χ1v) is 7.02. The molecule has 1 amide bonds. The van der Waals surface area contributed by atoms with E-state index in [1.165, 1.54) is 57.8 Å². The van der Waals surface area contributed by atoms with Crippen molar-refractivity contribution in [1.82, 2.24) is 5.32 Å². The summed E-state index contributed by atoms with van der Waals surface area (Å²) in [5.41, 5.74) is 0.517. The van der Waals surface area contributed by atoms with E-state index in [1.807, 2.05) is 0 Å². The van der Waals surface area contributed by atoms with Crippen molar-refractivity contribution >= 4 is 5.91 Å². The molecule has 2 nitrogen and oxygen atoms in total. The zero-order valence-electron chi connectivity index (χ0n) is 10.3. The van der Waals surface area contributed by atoms with Gasteiger partial charge in [0, 0.05) is 16.9 Å². The van der Waals surface area contributed by atoms with Crippen molar-refractivity contribution in [3.8, 4) is 0 Å². The van der Waals surface area contributed by atoms with Gasteiger partial charge in [0.15, 0.2) is 0 Å². The third-order valence-electron chi connectivity index (χ3n) is 5.74. The van der Waals surface area contributed by atoms with Crippen molar-refractivity contribution in [2.24, 2.45) is 11.3 Å². The molecular weight excluding hydrogens is 198 g/mol. The van der Waals surface area contributed by atoms with Crippen LogP contribution in [0.15, 0.2) is 0 Å². The van der Waals surface area contributed by atoms with E-state index in [2.05, 4.69) is 12.2 Å². The van der Waals surface area contributed by atoms with Crippen LogP contribution in [0.1, 0.15) is 64.7 Å². The van der Waals surface area contributed by atoms with Gasteiger partial charge in [-0.25, -0.2) is 0 Å². The first-order chi connectivity index (χ1) is 7.70.